The van der Waals surface area contributed by atoms with Crippen LogP contribution in [0.2, 0.25) is 0 Å². The number of alkyl halides is 3. The van der Waals surface area contributed by atoms with Gasteiger partial charge in [0.1, 0.15) is 0 Å². The van der Waals surface area contributed by atoms with Crippen LogP contribution < -0.4 is 0 Å². The molecule has 1 aromatic carbocycles. The van der Waals surface area contributed by atoms with Crippen molar-refractivity contribution >= 4 is 5.97 Å². The Hall–Kier alpha value is -2.31. The standard InChI is InChI=1S/C14H13F3N2O2/c1-3-21-13(20)11-8-12(19(2)18-11)9-5-4-6-10(7-9)14(15,16)17/h4-8H,3H2,1-2H3. The maximum Gasteiger partial charge on any atom is 0.416 e. The molecule has 0 atom stereocenters. The van der Waals surface area contributed by atoms with Crippen LogP contribution in [0.4, 0.5) is 13.2 Å². The average molecular weight is 298 g/mol. The third kappa shape index (κ3) is 3.24. The molecule has 0 aliphatic heterocycles. The van der Waals surface area contributed by atoms with Crippen LogP contribution >= 0.6 is 0 Å². The van der Waals surface area contributed by atoms with Crippen molar-refractivity contribution in [2.45, 2.75) is 13.1 Å². The fourth-order valence-electron chi connectivity index (χ4n) is 1.90. The Balaban J connectivity index is 2.41. The first kappa shape index (κ1) is 15.1. The van der Waals surface area contributed by atoms with Crippen LogP contribution in [-0.2, 0) is 18.0 Å². The lowest BCUT2D eigenvalue weighted by atomic mass is 10.1. The van der Waals surface area contributed by atoms with Crippen molar-refractivity contribution in [3.8, 4) is 11.3 Å². The summed E-state index contributed by atoms with van der Waals surface area (Å²) in [5.74, 6) is -0.605. The number of aryl methyl sites for hydroxylation is 1. The molecule has 0 fully saturated rings. The van der Waals surface area contributed by atoms with Crippen LogP contribution in [0.25, 0.3) is 11.3 Å². The van der Waals surface area contributed by atoms with Gasteiger partial charge in [-0.3, -0.25) is 4.68 Å². The zero-order valence-electron chi connectivity index (χ0n) is 11.4. The van der Waals surface area contributed by atoms with Crippen molar-refractivity contribution in [3.63, 3.8) is 0 Å². The van der Waals surface area contributed by atoms with E-state index in [4.69, 9.17) is 4.74 Å². The summed E-state index contributed by atoms with van der Waals surface area (Å²) in [4.78, 5) is 11.6. The molecule has 0 spiro atoms. The molecule has 0 unspecified atom stereocenters. The number of benzene rings is 1. The van der Waals surface area contributed by atoms with Crippen LogP contribution in [0.3, 0.4) is 0 Å². The predicted octanol–water partition coefficient (Wildman–Crippen LogP) is 3.28. The van der Waals surface area contributed by atoms with Gasteiger partial charge in [0.15, 0.2) is 5.69 Å². The van der Waals surface area contributed by atoms with Gasteiger partial charge in [-0.25, -0.2) is 4.79 Å². The topological polar surface area (TPSA) is 44.1 Å². The quantitative estimate of drug-likeness (QED) is 0.817. The largest absolute Gasteiger partial charge is 0.461 e. The second kappa shape index (κ2) is 5.59. The first-order valence-electron chi connectivity index (χ1n) is 6.21. The van der Waals surface area contributed by atoms with Gasteiger partial charge in [0, 0.05) is 12.6 Å². The van der Waals surface area contributed by atoms with E-state index in [1.54, 1.807) is 14.0 Å². The van der Waals surface area contributed by atoms with Crippen LogP contribution in [0.15, 0.2) is 30.3 Å². The van der Waals surface area contributed by atoms with Crippen LogP contribution in [-0.4, -0.2) is 22.4 Å². The molecule has 0 saturated heterocycles. The molecular weight excluding hydrogens is 285 g/mol. The Morgan fingerprint density at radius 3 is 2.67 bits per heavy atom. The van der Waals surface area contributed by atoms with Crippen molar-refractivity contribution in [1.82, 2.24) is 9.78 Å². The van der Waals surface area contributed by atoms with Gasteiger partial charge in [0.05, 0.1) is 17.9 Å². The molecule has 0 amide bonds. The lowest BCUT2D eigenvalue weighted by molar-refractivity contribution is -0.137. The molecule has 1 heterocycles. The third-order valence-corrected chi connectivity index (χ3v) is 2.85. The molecule has 0 aliphatic carbocycles. The summed E-state index contributed by atoms with van der Waals surface area (Å²) in [6.45, 7) is 1.86. The third-order valence-electron chi connectivity index (χ3n) is 2.85. The van der Waals surface area contributed by atoms with Crippen molar-refractivity contribution in [1.29, 1.82) is 0 Å². The fourth-order valence-corrected chi connectivity index (χ4v) is 1.90. The molecule has 2 aromatic rings. The van der Waals surface area contributed by atoms with E-state index in [0.717, 1.165) is 12.1 Å². The number of carbonyl (C=O) groups excluding carboxylic acids is 1. The molecule has 7 heteroatoms. The first-order valence-corrected chi connectivity index (χ1v) is 6.21. The summed E-state index contributed by atoms with van der Waals surface area (Å²) < 4.78 is 44.3. The Labute approximate surface area is 119 Å². The van der Waals surface area contributed by atoms with Gasteiger partial charge < -0.3 is 4.74 Å². The van der Waals surface area contributed by atoms with Crippen LogP contribution in [0.5, 0.6) is 0 Å². The van der Waals surface area contributed by atoms with Gasteiger partial charge in [-0.1, -0.05) is 12.1 Å². The minimum absolute atomic E-state index is 0.0618. The Bertz CT molecular complexity index is 662. The highest BCUT2D eigenvalue weighted by Crippen LogP contribution is 2.32. The smallest absolute Gasteiger partial charge is 0.416 e. The molecule has 0 N–H and O–H groups in total. The summed E-state index contributed by atoms with van der Waals surface area (Å²) in [7, 11) is 1.55. The van der Waals surface area contributed by atoms with E-state index in [1.165, 1.54) is 22.9 Å². The number of nitrogens with zero attached hydrogens (tertiary/aromatic N) is 2. The van der Waals surface area contributed by atoms with Gasteiger partial charge in [-0.15, -0.1) is 0 Å². The summed E-state index contributed by atoms with van der Waals surface area (Å²) in [5, 5.41) is 3.96. The first-order chi connectivity index (χ1) is 9.82. The van der Waals surface area contributed by atoms with E-state index < -0.39 is 17.7 Å². The van der Waals surface area contributed by atoms with Crippen molar-refractivity contribution in [2.75, 3.05) is 6.61 Å². The van der Waals surface area contributed by atoms with Gasteiger partial charge >= 0.3 is 12.1 Å². The van der Waals surface area contributed by atoms with Gasteiger partial charge in [0.25, 0.3) is 0 Å². The highest BCUT2D eigenvalue weighted by Gasteiger charge is 2.30. The molecule has 1 aromatic heterocycles. The van der Waals surface area contributed by atoms with Crippen molar-refractivity contribution < 1.29 is 22.7 Å². The monoisotopic (exact) mass is 298 g/mol. The zero-order chi connectivity index (χ0) is 15.6. The second-order valence-electron chi connectivity index (χ2n) is 4.34. The van der Waals surface area contributed by atoms with Crippen molar-refractivity contribution in [2.24, 2.45) is 7.05 Å². The number of aromatic nitrogens is 2. The number of hydrogen-bond acceptors (Lipinski definition) is 3. The molecule has 0 bridgehead atoms. The lowest BCUT2D eigenvalue weighted by Crippen LogP contribution is -2.06. The van der Waals surface area contributed by atoms with E-state index in [0.29, 0.717) is 11.3 Å². The Morgan fingerprint density at radius 1 is 1.33 bits per heavy atom. The second-order valence-corrected chi connectivity index (χ2v) is 4.34. The van der Waals surface area contributed by atoms with E-state index in [9.17, 15) is 18.0 Å². The minimum atomic E-state index is -4.42. The number of ether oxygens (including phenoxy) is 1. The maximum absolute atomic E-state index is 12.7. The molecule has 4 nitrogen and oxygen atoms in total. The van der Waals surface area contributed by atoms with Gasteiger partial charge in [-0.2, -0.15) is 18.3 Å². The van der Waals surface area contributed by atoms with Crippen LogP contribution in [0.1, 0.15) is 23.0 Å². The average Bonchev–Trinajstić information content (AvgIpc) is 2.80. The molecular formula is C14H13F3N2O2. The maximum atomic E-state index is 12.7. The van der Waals surface area contributed by atoms with Crippen molar-refractivity contribution in [3.05, 3.63) is 41.6 Å². The fraction of sp³-hybridized carbons (Fsp3) is 0.286. The SMILES string of the molecule is CCOC(=O)c1cc(-c2cccc(C(F)(F)F)c2)n(C)n1. The molecule has 112 valence electrons. The van der Waals surface area contributed by atoms with Gasteiger partial charge in [-0.05, 0) is 25.1 Å². The van der Waals surface area contributed by atoms with E-state index in [-0.39, 0.29) is 12.3 Å². The minimum Gasteiger partial charge on any atom is -0.461 e. The number of carbonyl (C=O) groups is 1. The normalized spacial score (nSPS) is 11.5. The summed E-state index contributed by atoms with van der Waals surface area (Å²) in [5.41, 5.74) is 0.0465. The van der Waals surface area contributed by atoms with E-state index in [2.05, 4.69) is 5.10 Å². The van der Waals surface area contributed by atoms with E-state index >= 15 is 0 Å². The molecule has 21 heavy (non-hydrogen) atoms. The summed E-state index contributed by atoms with van der Waals surface area (Å²) >= 11 is 0. The lowest BCUT2D eigenvalue weighted by Gasteiger charge is -2.08. The molecule has 0 aliphatic rings. The number of rotatable bonds is 3. The number of hydrogen-bond donors (Lipinski definition) is 0. The molecule has 0 radical (unpaired) electrons. The Morgan fingerprint density at radius 2 is 2.05 bits per heavy atom. The summed E-state index contributed by atoms with van der Waals surface area (Å²) in [6, 6.07) is 6.27. The molecule has 0 saturated carbocycles. The predicted molar refractivity (Wildman–Crippen MR) is 69.6 cm³/mol. The van der Waals surface area contributed by atoms with E-state index in [1.807, 2.05) is 0 Å². The zero-order valence-corrected chi connectivity index (χ0v) is 11.4. The number of esters is 1. The number of halogens is 3. The van der Waals surface area contributed by atoms with Crippen LogP contribution in [0, 0.1) is 0 Å². The molecule has 2 rings (SSSR count). The highest BCUT2D eigenvalue weighted by molar-refractivity contribution is 5.88. The Kier molecular flexibility index (Phi) is 4.02. The summed E-state index contributed by atoms with van der Waals surface area (Å²) in [6.07, 6.45) is -4.42. The highest BCUT2D eigenvalue weighted by atomic mass is 19.4. The van der Waals surface area contributed by atoms with Gasteiger partial charge in [0.2, 0.25) is 0 Å².